The van der Waals surface area contributed by atoms with E-state index in [1.165, 1.54) is 0 Å². The highest BCUT2D eigenvalue weighted by molar-refractivity contribution is 6.35. The van der Waals surface area contributed by atoms with E-state index in [2.05, 4.69) is 16.2 Å². The largest absolute Gasteiger partial charge is 0.343 e. The summed E-state index contributed by atoms with van der Waals surface area (Å²) in [4.78, 5) is 34.8. The maximum absolute atomic E-state index is 11.8. The Hall–Kier alpha value is -2.37. The van der Waals surface area contributed by atoms with E-state index >= 15 is 0 Å². The zero-order valence-electron chi connectivity index (χ0n) is 12.0. The quantitative estimate of drug-likeness (QED) is 0.521. The maximum atomic E-state index is 11.8. The molecule has 3 N–H and O–H groups in total. The molecule has 0 saturated carbocycles. The van der Waals surface area contributed by atoms with Crippen LogP contribution >= 0.6 is 0 Å². The first-order chi connectivity index (χ1) is 9.20. The molecule has 0 spiro atoms. The minimum atomic E-state index is -0.915. The van der Waals surface area contributed by atoms with Crippen molar-refractivity contribution in [2.45, 2.75) is 33.2 Å². The van der Waals surface area contributed by atoms with Crippen molar-refractivity contribution in [3.8, 4) is 0 Å². The Bertz CT molecular complexity index is 533. The SMILES string of the molecule is Cc1ccccc1C(=O)NNC(=O)C(=O)NC(C)(C)C. The normalized spacial score (nSPS) is 10.6. The second-order valence-corrected chi connectivity index (χ2v) is 5.43. The summed E-state index contributed by atoms with van der Waals surface area (Å²) in [5.41, 5.74) is 4.98. The number of aryl methyl sites for hydroxylation is 1. The molecule has 0 aliphatic carbocycles. The van der Waals surface area contributed by atoms with E-state index in [1.807, 2.05) is 6.07 Å². The van der Waals surface area contributed by atoms with Crippen molar-refractivity contribution in [3.05, 3.63) is 35.4 Å². The van der Waals surface area contributed by atoms with E-state index in [0.717, 1.165) is 5.56 Å². The fourth-order valence-corrected chi connectivity index (χ4v) is 1.46. The van der Waals surface area contributed by atoms with Gasteiger partial charge in [-0.2, -0.15) is 0 Å². The maximum Gasteiger partial charge on any atom is 0.327 e. The Morgan fingerprint density at radius 2 is 1.55 bits per heavy atom. The van der Waals surface area contributed by atoms with E-state index in [-0.39, 0.29) is 0 Å². The molecule has 3 amide bonds. The summed E-state index contributed by atoms with van der Waals surface area (Å²) in [5.74, 6) is -2.19. The van der Waals surface area contributed by atoms with Crippen molar-refractivity contribution in [3.63, 3.8) is 0 Å². The number of hydrogen-bond donors (Lipinski definition) is 3. The number of nitrogens with one attached hydrogen (secondary N) is 3. The van der Waals surface area contributed by atoms with Gasteiger partial charge in [0.15, 0.2) is 0 Å². The monoisotopic (exact) mass is 277 g/mol. The number of carbonyl (C=O) groups excluding carboxylic acids is 3. The van der Waals surface area contributed by atoms with Crippen LogP contribution in [-0.4, -0.2) is 23.3 Å². The first-order valence-corrected chi connectivity index (χ1v) is 6.19. The van der Waals surface area contributed by atoms with Crippen molar-refractivity contribution in [2.75, 3.05) is 0 Å². The van der Waals surface area contributed by atoms with Crippen molar-refractivity contribution in [1.29, 1.82) is 0 Å². The molecule has 6 heteroatoms. The van der Waals surface area contributed by atoms with Gasteiger partial charge in [-0.3, -0.25) is 25.2 Å². The molecule has 1 aromatic carbocycles. The lowest BCUT2D eigenvalue weighted by atomic mass is 10.1. The van der Waals surface area contributed by atoms with E-state index in [1.54, 1.807) is 45.9 Å². The molecular formula is C14H19N3O3. The minimum Gasteiger partial charge on any atom is -0.343 e. The van der Waals surface area contributed by atoms with Crippen LogP contribution in [0.25, 0.3) is 0 Å². The van der Waals surface area contributed by atoms with Gasteiger partial charge in [-0.25, -0.2) is 0 Å². The molecule has 108 valence electrons. The Morgan fingerprint density at radius 1 is 0.950 bits per heavy atom. The van der Waals surface area contributed by atoms with Crippen LogP contribution in [0.2, 0.25) is 0 Å². The molecular weight excluding hydrogens is 258 g/mol. The fraction of sp³-hybridized carbons (Fsp3) is 0.357. The summed E-state index contributed by atoms with van der Waals surface area (Å²) in [6.45, 7) is 7.04. The highest BCUT2D eigenvalue weighted by atomic mass is 16.2. The summed E-state index contributed by atoms with van der Waals surface area (Å²) >= 11 is 0. The lowest BCUT2D eigenvalue weighted by molar-refractivity contribution is -0.140. The molecule has 1 rings (SSSR count). The third-order valence-corrected chi connectivity index (χ3v) is 2.37. The highest BCUT2D eigenvalue weighted by Gasteiger charge is 2.20. The van der Waals surface area contributed by atoms with Crippen LogP contribution in [-0.2, 0) is 9.59 Å². The first kappa shape index (κ1) is 15.7. The van der Waals surface area contributed by atoms with E-state index < -0.39 is 23.3 Å². The second kappa shape index (κ2) is 6.18. The molecule has 0 fully saturated rings. The summed E-state index contributed by atoms with van der Waals surface area (Å²) in [6.07, 6.45) is 0. The van der Waals surface area contributed by atoms with Gasteiger partial charge in [-0.1, -0.05) is 18.2 Å². The predicted octanol–water partition coefficient (Wildman–Crippen LogP) is 0.671. The summed E-state index contributed by atoms with van der Waals surface area (Å²) in [7, 11) is 0. The van der Waals surface area contributed by atoms with Crippen LogP contribution < -0.4 is 16.2 Å². The average Bonchev–Trinajstić information content (AvgIpc) is 2.34. The van der Waals surface area contributed by atoms with Gasteiger partial charge in [-0.05, 0) is 39.3 Å². The van der Waals surface area contributed by atoms with E-state index in [0.29, 0.717) is 5.56 Å². The van der Waals surface area contributed by atoms with Gasteiger partial charge in [0.05, 0.1) is 0 Å². The highest BCUT2D eigenvalue weighted by Crippen LogP contribution is 2.05. The molecule has 1 aromatic rings. The van der Waals surface area contributed by atoms with Crippen LogP contribution in [0, 0.1) is 6.92 Å². The zero-order chi connectivity index (χ0) is 15.3. The van der Waals surface area contributed by atoms with Gasteiger partial charge in [0.2, 0.25) is 0 Å². The van der Waals surface area contributed by atoms with Crippen molar-refractivity contribution in [2.24, 2.45) is 0 Å². The first-order valence-electron chi connectivity index (χ1n) is 6.19. The Balaban J connectivity index is 2.56. The predicted molar refractivity (Wildman–Crippen MR) is 74.7 cm³/mol. The van der Waals surface area contributed by atoms with Gasteiger partial charge >= 0.3 is 11.8 Å². The van der Waals surface area contributed by atoms with Crippen LogP contribution in [0.4, 0.5) is 0 Å². The molecule has 0 saturated heterocycles. The number of hydrazine groups is 1. The number of hydrogen-bond acceptors (Lipinski definition) is 3. The molecule has 20 heavy (non-hydrogen) atoms. The van der Waals surface area contributed by atoms with Gasteiger partial charge in [-0.15, -0.1) is 0 Å². The molecule has 0 heterocycles. The number of amides is 3. The van der Waals surface area contributed by atoms with E-state index in [4.69, 9.17) is 0 Å². The van der Waals surface area contributed by atoms with Gasteiger partial charge < -0.3 is 5.32 Å². The van der Waals surface area contributed by atoms with Crippen molar-refractivity contribution >= 4 is 17.7 Å². The molecule has 0 aromatic heterocycles. The molecule has 0 unspecified atom stereocenters. The minimum absolute atomic E-state index is 0.434. The average molecular weight is 277 g/mol. The van der Waals surface area contributed by atoms with Gasteiger partial charge in [0.1, 0.15) is 0 Å². The second-order valence-electron chi connectivity index (χ2n) is 5.43. The Morgan fingerprint density at radius 3 is 2.10 bits per heavy atom. The number of rotatable bonds is 1. The molecule has 0 aliphatic heterocycles. The smallest absolute Gasteiger partial charge is 0.327 e. The number of carbonyl (C=O) groups is 3. The van der Waals surface area contributed by atoms with Crippen molar-refractivity contribution in [1.82, 2.24) is 16.2 Å². The van der Waals surface area contributed by atoms with E-state index in [9.17, 15) is 14.4 Å². The number of benzene rings is 1. The summed E-state index contributed by atoms with van der Waals surface area (Å²) in [5, 5.41) is 2.49. The van der Waals surface area contributed by atoms with Gasteiger partial charge in [0.25, 0.3) is 5.91 Å². The van der Waals surface area contributed by atoms with Crippen LogP contribution in [0.3, 0.4) is 0 Å². The topological polar surface area (TPSA) is 87.3 Å². The third-order valence-electron chi connectivity index (χ3n) is 2.37. The summed E-state index contributed by atoms with van der Waals surface area (Å²) in [6, 6.07) is 6.94. The molecule has 0 radical (unpaired) electrons. The molecule has 6 nitrogen and oxygen atoms in total. The molecule has 0 bridgehead atoms. The fourth-order valence-electron chi connectivity index (χ4n) is 1.46. The van der Waals surface area contributed by atoms with Crippen molar-refractivity contribution < 1.29 is 14.4 Å². The van der Waals surface area contributed by atoms with Crippen LogP contribution in [0.1, 0.15) is 36.7 Å². The molecule has 0 atom stereocenters. The van der Waals surface area contributed by atoms with Crippen LogP contribution in [0.5, 0.6) is 0 Å². The third kappa shape index (κ3) is 4.72. The molecule has 0 aliphatic rings. The summed E-state index contributed by atoms with van der Waals surface area (Å²) < 4.78 is 0. The Kier molecular flexibility index (Phi) is 4.85. The van der Waals surface area contributed by atoms with Crippen LogP contribution in [0.15, 0.2) is 24.3 Å². The Labute approximate surface area is 117 Å². The zero-order valence-corrected chi connectivity index (χ0v) is 12.0. The lowest BCUT2D eigenvalue weighted by Gasteiger charge is -2.19. The lowest BCUT2D eigenvalue weighted by Crippen LogP contribution is -2.52. The van der Waals surface area contributed by atoms with Gasteiger partial charge in [0, 0.05) is 11.1 Å². The standard InChI is InChI=1S/C14H19N3O3/c1-9-7-5-6-8-10(9)11(18)16-17-13(20)12(19)15-14(2,3)4/h5-8H,1-4H3,(H,15,19)(H,16,18)(H,17,20).